The van der Waals surface area contributed by atoms with E-state index in [0.29, 0.717) is 0 Å². The first-order chi connectivity index (χ1) is 16.0. The first kappa shape index (κ1) is 20.7. The number of fused-ring (bicyclic) bond motifs is 6. The van der Waals surface area contributed by atoms with Crippen molar-refractivity contribution in [3.8, 4) is 0 Å². The molecule has 0 saturated heterocycles. The summed E-state index contributed by atoms with van der Waals surface area (Å²) in [5.41, 5.74) is 7.41. The predicted molar refractivity (Wildman–Crippen MR) is 148 cm³/mol. The molecule has 0 saturated carbocycles. The molecule has 0 bridgehead atoms. The Hall–Kier alpha value is -2.68. The molecular formula is C30H26Cl2N2. The summed E-state index contributed by atoms with van der Waals surface area (Å²) in [4.78, 5) is 0. The maximum atomic E-state index is 6.86. The van der Waals surface area contributed by atoms with Crippen LogP contribution in [0.15, 0.2) is 48.5 Å². The molecule has 7 rings (SSSR count). The van der Waals surface area contributed by atoms with Gasteiger partial charge in [0, 0.05) is 54.5 Å². The Morgan fingerprint density at radius 1 is 0.559 bits per heavy atom. The molecule has 3 aromatic carbocycles. The van der Waals surface area contributed by atoms with Crippen LogP contribution in [0.4, 0.5) is 0 Å². The highest BCUT2D eigenvalue weighted by molar-refractivity contribution is 6.41. The SMILES string of the molecule is CC(C)(C)c1cc2ccc(Cl)c3c4cc5c6c(Cl)ccc7cc(C(C)(C)C)n(c5cc4n1c23)c76. The number of hydrogen-bond donors (Lipinski definition) is 0. The Morgan fingerprint density at radius 3 is 1.35 bits per heavy atom. The van der Waals surface area contributed by atoms with Gasteiger partial charge in [-0.2, -0.15) is 0 Å². The fourth-order valence-corrected chi connectivity index (χ4v) is 6.52. The summed E-state index contributed by atoms with van der Waals surface area (Å²) in [7, 11) is 0. The predicted octanol–water partition coefficient (Wildman–Crippen LogP) is 9.58. The Morgan fingerprint density at radius 2 is 0.971 bits per heavy atom. The first-order valence-electron chi connectivity index (χ1n) is 11.9. The van der Waals surface area contributed by atoms with Crippen LogP contribution in [0.3, 0.4) is 0 Å². The summed E-state index contributed by atoms with van der Waals surface area (Å²) in [5, 5.41) is 8.69. The number of nitrogens with zero attached hydrogens (tertiary/aromatic N) is 2. The van der Waals surface area contributed by atoms with Crippen LogP contribution in [-0.2, 0) is 10.8 Å². The van der Waals surface area contributed by atoms with Crippen molar-refractivity contribution < 1.29 is 0 Å². The molecule has 4 aromatic heterocycles. The minimum absolute atomic E-state index is 0.00700. The highest BCUT2D eigenvalue weighted by atomic mass is 35.5. The summed E-state index contributed by atoms with van der Waals surface area (Å²) in [6.45, 7) is 13.7. The van der Waals surface area contributed by atoms with Crippen LogP contribution < -0.4 is 0 Å². The minimum atomic E-state index is -0.00700. The molecule has 34 heavy (non-hydrogen) atoms. The van der Waals surface area contributed by atoms with Gasteiger partial charge < -0.3 is 8.80 Å². The van der Waals surface area contributed by atoms with E-state index < -0.39 is 0 Å². The van der Waals surface area contributed by atoms with E-state index >= 15 is 0 Å². The number of halogens is 2. The van der Waals surface area contributed by atoms with Gasteiger partial charge in [-0.25, -0.2) is 0 Å². The lowest BCUT2D eigenvalue weighted by atomic mass is 9.91. The fourth-order valence-electron chi connectivity index (χ4n) is 6.01. The summed E-state index contributed by atoms with van der Waals surface area (Å²) in [6.07, 6.45) is 0. The monoisotopic (exact) mass is 484 g/mol. The van der Waals surface area contributed by atoms with Crippen LogP contribution in [0.25, 0.3) is 54.4 Å². The summed E-state index contributed by atoms with van der Waals surface area (Å²) >= 11 is 13.7. The number of benzene rings is 3. The Kier molecular flexibility index (Phi) is 3.71. The molecular weight excluding hydrogens is 459 g/mol. The number of rotatable bonds is 0. The van der Waals surface area contributed by atoms with Gasteiger partial charge in [0.15, 0.2) is 0 Å². The zero-order valence-electron chi connectivity index (χ0n) is 20.3. The average Bonchev–Trinajstić information content (AvgIpc) is 3.46. The van der Waals surface area contributed by atoms with E-state index in [1.54, 1.807) is 0 Å². The summed E-state index contributed by atoms with van der Waals surface area (Å²) in [5.74, 6) is 0. The fraction of sp³-hybridized carbons (Fsp3) is 0.267. The Bertz CT molecular complexity index is 1800. The Balaban J connectivity index is 1.81. The van der Waals surface area contributed by atoms with Crippen molar-refractivity contribution in [3.05, 3.63) is 70.0 Å². The largest absolute Gasteiger partial charge is 0.312 e. The van der Waals surface area contributed by atoms with Gasteiger partial charge in [-0.3, -0.25) is 0 Å². The van der Waals surface area contributed by atoms with Crippen molar-refractivity contribution in [2.45, 2.75) is 52.4 Å². The Labute approximate surface area is 208 Å². The summed E-state index contributed by atoms with van der Waals surface area (Å²) < 4.78 is 4.88. The van der Waals surface area contributed by atoms with Crippen molar-refractivity contribution in [3.63, 3.8) is 0 Å². The molecule has 170 valence electrons. The van der Waals surface area contributed by atoms with E-state index in [1.807, 2.05) is 12.1 Å². The zero-order valence-corrected chi connectivity index (χ0v) is 21.8. The molecule has 0 atom stereocenters. The van der Waals surface area contributed by atoms with Crippen LogP contribution in [0.2, 0.25) is 10.0 Å². The van der Waals surface area contributed by atoms with Gasteiger partial charge in [-0.1, -0.05) is 76.9 Å². The second kappa shape index (κ2) is 6.11. The molecule has 0 fully saturated rings. The lowest BCUT2D eigenvalue weighted by Gasteiger charge is -2.19. The van der Waals surface area contributed by atoms with Gasteiger partial charge in [-0.05, 0) is 36.4 Å². The zero-order chi connectivity index (χ0) is 23.9. The van der Waals surface area contributed by atoms with Crippen LogP contribution in [0.5, 0.6) is 0 Å². The highest BCUT2D eigenvalue weighted by Crippen LogP contribution is 2.46. The second-order valence-electron chi connectivity index (χ2n) is 11.8. The van der Waals surface area contributed by atoms with Gasteiger partial charge in [0.05, 0.1) is 32.1 Å². The maximum absolute atomic E-state index is 6.86. The third kappa shape index (κ3) is 2.38. The van der Waals surface area contributed by atoms with Gasteiger partial charge >= 0.3 is 0 Å². The molecule has 4 heterocycles. The molecule has 0 aliphatic heterocycles. The van der Waals surface area contributed by atoms with E-state index in [4.69, 9.17) is 23.2 Å². The molecule has 7 aromatic rings. The van der Waals surface area contributed by atoms with Crippen molar-refractivity contribution in [1.82, 2.24) is 8.80 Å². The van der Waals surface area contributed by atoms with Crippen molar-refractivity contribution >= 4 is 77.6 Å². The van der Waals surface area contributed by atoms with E-state index in [2.05, 4.69) is 86.7 Å². The van der Waals surface area contributed by atoms with E-state index in [9.17, 15) is 0 Å². The average molecular weight is 485 g/mol. The third-order valence-electron chi connectivity index (χ3n) is 7.50. The van der Waals surface area contributed by atoms with E-state index in [-0.39, 0.29) is 10.8 Å². The van der Waals surface area contributed by atoms with Crippen LogP contribution in [0.1, 0.15) is 52.9 Å². The van der Waals surface area contributed by atoms with Crippen LogP contribution >= 0.6 is 23.2 Å². The van der Waals surface area contributed by atoms with Crippen molar-refractivity contribution in [1.29, 1.82) is 0 Å². The molecule has 0 N–H and O–H groups in total. The molecule has 0 unspecified atom stereocenters. The van der Waals surface area contributed by atoms with E-state index in [1.165, 1.54) is 55.0 Å². The molecule has 0 aliphatic rings. The van der Waals surface area contributed by atoms with Gasteiger partial charge in [0.25, 0.3) is 0 Å². The molecule has 4 heteroatoms. The number of aromatic nitrogens is 2. The normalized spacial score (nSPS) is 13.9. The third-order valence-corrected chi connectivity index (χ3v) is 8.13. The number of hydrogen-bond acceptors (Lipinski definition) is 0. The lowest BCUT2D eigenvalue weighted by Crippen LogP contribution is -2.14. The summed E-state index contributed by atoms with van der Waals surface area (Å²) in [6, 6.07) is 17.7. The minimum Gasteiger partial charge on any atom is -0.312 e. The van der Waals surface area contributed by atoms with Gasteiger partial charge in [-0.15, -0.1) is 0 Å². The second-order valence-corrected chi connectivity index (χ2v) is 12.7. The highest BCUT2D eigenvalue weighted by Gasteiger charge is 2.28. The molecule has 0 spiro atoms. The lowest BCUT2D eigenvalue weighted by molar-refractivity contribution is 0.567. The van der Waals surface area contributed by atoms with Crippen molar-refractivity contribution in [2.24, 2.45) is 0 Å². The standard InChI is InChI=1S/C30H26Cl2N2/c1-29(2,3)23-11-15-7-9-19(31)25-17-13-18-22(14-21(17)33(23)27(15)25)34-24(30(4,5)6)12-16-8-10-20(32)26(18)28(16)34/h7-14H,1-6H3. The molecule has 0 amide bonds. The van der Waals surface area contributed by atoms with Crippen LogP contribution in [0, 0.1) is 0 Å². The smallest absolute Gasteiger partial charge is 0.0626 e. The molecule has 0 radical (unpaired) electrons. The van der Waals surface area contributed by atoms with Gasteiger partial charge in [0.1, 0.15) is 0 Å². The van der Waals surface area contributed by atoms with E-state index in [0.717, 1.165) is 20.8 Å². The molecule has 0 aliphatic carbocycles. The topological polar surface area (TPSA) is 8.82 Å². The molecule has 2 nitrogen and oxygen atoms in total. The quantitative estimate of drug-likeness (QED) is 0.202. The van der Waals surface area contributed by atoms with Crippen LogP contribution in [-0.4, -0.2) is 8.80 Å². The van der Waals surface area contributed by atoms with Gasteiger partial charge in [0.2, 0.25) is 0 Å². The van der Waals surface area contributed by atoms with Crippen molar-refractivity contribution in [2.75, 3.05) is 0 Å². The first-order valence-corrected chi connectivity index (χ1v) is 12.6. The maximum Gasteiger partial charge on any atom is 0.0626 e.